The van der Waals surface area contributed by atoms with Gasteiger partial charge in [0.05, 0.1) is 0 Å². The molecule has 0 spiro atoms. The maximum Gasteiger partial charge on any atom is 0.318 e. The van der Waals surface area contributed by atoms with Gasteiger partial charge in [0.1, 0.15) is 0 Å². The van der Waals surface area contributed by atoms with E-state index in [9.17, 15) is 4.79 Å². The van der Waals surface area contributed by atoms with Crippen LogP contribution in [0.15, 0.2) is 0 Å². The van der Waals surface area contributed by atoms with Crippen LogP contribution in [0.5, 0.6) is 0 Å². The molecule has 0 unspecified atom stereocenters. The summed E-state index contributed by atoms with van der Waals surface area (Å²) >= 11 is 0. The van der Waals surface area contributed by atoms with E-state index in [1.807, 2.05) is 25.7 Å². The van der Waals surface area contributed by atoms with E-state index in [1.165, 1.54) is 0 Å². The summed E-state index contributed by atoms with van der Waals surface area (Å²) in [6, 6.07) is 0.0590. The van der Waals surface area contributed by atoms with Crippen molar-refractivity contribution in [1.82, 2.24) is 10.2 Å². The van der Waals surface area contributed by atoms with Gasteiger partial charge in [-0.05, 0) is 41.0 Å². The number of amides is 2. The van der Waals surface area contributed by atoms with Crippen LogP contribution in [0, 0.1) is 0 Å². The topological polar surface area (TPSA) is 32.3 Å². The molecule has 1 aliphatic rings. The highest BCUT2D eigenvalue weighted by Crippen LogP contribution is 2.29. The van der Waals surface area contributed by atoms with Crippen LogP contribution in [-0.4, -0.2) is 28.6 Å². The monoisotopic (exact) mass is 184 g/mol. The number of nitrogens with zero attached hydrogens (tertiary/aromatic N) is 1. The molecule has 0 aromatic rings. The zero-order valence-corrected chi connectivity index (χ0v) is 9.27. The van der Waals surface area contributed by atoms with E-state index in [4.69, 9.17) is 0 Å². The standard InChI is InChI=1S/C10H20N2O/c1-9(2,3)11-8(13)12-7-6-10(12,4)5/h6-7H2,1-5H3,(H,11,13). The van der Waals surface area contributed by atoms with E-state index in [2.05, 4.69) is 19.2 Å². The second-order valence-corrected chi connectivity index (χ2v) is 5.39. The number of carbonyl (C=O) groups excluding carboxylic acids is 1. The predicted molar refractivity (Wildman–Crippen MR) is 53.7 cm³/mol. The highest BCUT2D eigenvalue weighted by molar-refractivity contribution is 5.76. The van der Waals surface area contributed by atoms with E-state index < -0.39 is 0 Å². The molecular weight excluding hydrogens is 164 g/mol. The summed E-state index contributed by atoms with van der Waals surface area (Å²) in [6.45, 7) is 11.1. The first-order valence-corrected chi connectivity index (χ1v) is 4.82. The van der Waals surface area contributed by atoms with Gasteiger partial charge in [-0.2, -0.15) is 0 Å². The molecule has 1 aliphatic heterocycles. The van der Waals surface area contributed by atoms with Crippen LogP contribution in [0.2, 0.25) is 0 Å². The number of hydrogen-bond donors (Lipinski definition) is 1. The van der Waals surface area contributed by atoms with Crippen molar-refractivity contribution in [3.8, 4) is 0 Å². The molecule has 0 radical (unpaired) electrons. The lowest BCUT2D eigenvalue weighted by Crippen LogP contribution is -2.63. The number of carbonyl (C=O) groups is 1. The minimum absolute atomic E-state index is 0.0509. The number of urea groups is 1. The van der Waals surface area contributed by atoms with Crippen LogP contribution in [0.1, 0.15) is 41.0 Å². The molecule has 1 heterocycles. The van der Waals surface area contributed by atoms with Gasteiger partial charge in [-0.3, -0.25) is 0 Å². The van der Waals surface area contributed by atoms with Crippen molar-refractivity contribution >= 4 is 6.03 Å². The van der Waals surface area contributed by atoms with Gasteiger partial charge in [0.25, 0.3) is 0 Å². The van der Waals surface area contributed by atoms with Gasteiger partial charge in [-0.1, -0.05) is 0 Å². The lowest BCUT2D eigenvalue weighted by molar-refractivity contribution is 0.0499. The molecule has 13 heavy (non-hydrogen) atoms. The van der Waals surface area contributed by atoms with Gasteiger partial charge in [0, 0.05) is 17.6 Å². The van der Waals surface area contributed by atoms with Crippen LogP contribution < -0.4 is 5.32 Å². The summed E-state index contributed by atoms with van der Waals surface area (Å²) in [4.78, 5) is 13.6. The third-order valence-electron chi connectivity index (χ3n) is 2.40. The fraction of sp³-hybridized carbons (Fsp3) is 0.900. The number of hydrogen-bond acceptors (Lipinski definition) is 1. The highest BCUT2D eigenvalue weighted by Gasteiger charge is 2.39. The van der Waals surface area contributed by atoms with Crippen molar-refractivity contribution in [3.05, 3.63) is 0 Å². The molecule has 2 amide bonds. The second-order valence-electron chi connectivity index (χ2n) is 5.39. The summed E-state index contributed by atoms with van der Waals surface area (Å²) < 4.78 is 0. The zero-order chi connectivity index (χ0) is 10.3. The van der Waals surface area contributed by atoms with Gasteiger partial charge in [-0.15, -0.1) is 0 Å². The lowest BCUT2D eigenvalue weighted by atomic mass is 9.89. The summed E-state index contributed by atoms with van der Waals surface area (Å²) in [7, 11) is 0. The molecule has 3 heteroatoms. The van der Waals surface area contributed by atoms with E-state index in [-0.39, 0.29) is 17.1 Å². The maximum absolute atomic E-state index is 11.7. The fourth-order valence-electron chi connectivity index (χ4n) is 1.44. The Balaban J connectivity index is 2.50. The Morgan fingerprint density at radius 3 is 2.15 bits per heavy atom. The van der Waals surface area contributed by atoms with Crippen LogP contribution in [0.3, 0.4) is 0 Å². The van der Waals surface area contributed by atoms with Gasteiger partial charge >= 0.3 is 6.03 Å². The largest absolute Gasteiger partial charge is 0.333 e. The summed E-state index contributed by atoms with van der Waals surface area (Å²) in [5.74, 6) is 0. The van der Waals surface area contributed by atoms with Crippen molar-refractivity contribution in [2.45, 2.75) is 52.1 Å². The lowest BCUT2D eigenvalue weighted by Gasteiger charge is -2.49. The maximum atomic E-state index is 11.7. The van der Waals surface area contributed by atoms with E-state index in [0.29, 0.717) is 0 Å². The summed E-state index contributed by atoms with van der Waals surface area (Å²) in [5, 5.41) is 2.96. The van der Waals surface area contributed by atoms with Crippen LogP contribution in [-0.2, 0) is 0 Å². The normalized spacial score (nSPS) is 20.8. The zero-order valence-electron chi connectivity index (χ0n) is 9.27. The molecular formula is C10H20N2O. The van der Waals surface area contributed by atoms with Gasteiger partial charge < -0.3 is 10.2 Å². The molecule has 0 saturated carbocycles. The van der Waals surface area contributed by atoms with Crippen LogP contribution in [0.25, 0.3) is 0 Å². The molecule has 0 atom stereocenters. The van der Waals surface area contributed by atoms with Crippen molar-refractivity contribution < 1.29 is 4.79 Å². The Morgan fingerprint density at radius 1 is 1.38 bits per heavy atom. The summed E-state index contributed by atoms with van der Waals surface area (Å²) in [5.41, 5.74) is -0.0852. The molecule has 1 fully saturated rings. The molecule has 3 nitrogen and oxygen atoms in total. The Kier molecular flexibility index (Phi) is 2.30. The molecule has 0 aliphatic carbocycles. The molecule has 1 rings (SSSR count). The number of likely N-dealkylation sites (tertiary alicyclic amines) is 1. The van der Waals surface area contributed by atoms with Crippen molar-refractivity contribution in [1.29, 1.82) is 0 Å². The van der Waals surface area contributed by atoms with E-state index >= 15 is 0 Å². The van der Waals surface area contributed by atoms with Crippen LogP contribution >= 0.6 is 0 Å². The number of nitrogens with one attached hydrogen (secondary N) is 1. The third-order valence-corrected chi connectivity index (χ3v) is 2.40. The minimum atomic E-state index is -0.136. The molecule has 1 N–H and O–H groups in total. The van der Waals surface area contributed by atoms with Crippen molar-refractivity contribution in [2.75, 3.05) is 6.54 Å². The van der Waals surface area contributed by atoms with Gasteiger partial charge in [0.15, 0.2) is 0 Å². The van der Waals surface area contributed by atoms with Crippen molar-refractivity contribution in [3.63, 3.8) is 0 Å². The molecule has 1 saturated heterocycles. The van der Waals surface area contributed by atoms with Crippen molar-refractivity contribution in [2.24, 2.45) is 0 Å². The quantitative estimate of drug-likeness (QED) is 0.613. The third kappa shape index (κ3) is 2.36. The second kappa shape index (κ2) is 2.89. The first-order valence-electron chi connectivity index (χ1n) is 4.82. The highest BCUT2D eigenvalue weighted by atomic mass is 16.2. The molecule has 0 aromatic heterocycles. The van der Waals surface area contributed by atoms with E-state index in [0.717, 1.165) is 13.0 Å². The van der Waals surface area contributed by atoms with Gasteiger partial charge in [-0.25, -0.2) is 4.79 Å². The fourth-order valence-corrected chi connectivity index (χ4v) is 1.44. The predicted octanol–water partition coefficient (Wildman–Crippen LogP) is 1.98. The summed E-state index contributed by atoms with van der Waals surface area (Å²) in [6.07, 6.45) is 1.10. The Bertz CT molecular complexity index is 215. The van der Waals surface area contributed by atoms with Crippen LogP contribution in [0.4, 0.5) is 4.79 Å². The Hall–Kier alpha value is -0.730. The first kappa shape index (κ1) is 10.4. The average Bonchev–Trinajstić information content (AvgIpc) is 1.80. The molecule has 76 valence electrons. The first-order chi connectivity index (χ1) is 5.72. The molecule has 0 aromatic carbocycles. The Labute approximate surface area is 80.5 Å². The number of rotatable bonds is 0. The SMILES string of the molecule is CC(C)(C)NC(=O)N1CCC1(C)C. The Morgan fingerprint density at radius 2 is 1.92 bits per heavy atom. The minimum Gasteiger partial charge on any atom is -0.333 e. The smallest absolute Gasteiger partial charge is 0.318 e. The van der Waals surface area contributed by atoms with Gasteiger partial charge in [0.2, 0.25) is 0 Å². The van der Waals surface area contributed by atoms with E-state index in [1.54, 1.807) is 0 Å². The molecule has 0 bridgehead atoms. The average molecular weight is 184 g/mol.